The Hall–Kier alpha value is -4.89. The van der Waals surface area contributed by atoms with Crippen molar-refractivity contribution >= 4 is 33.3 Å². The zero-order valence-corrected chi connectivity index (χ0v) is 20.7. The van der Waals surface area contributed by atoms with Crippen molar-refractivity contribution in [1.82, 2.24) is 30.1 Å². The van der Waals surface area contributed by atoms with Crippen LogP contribution in [0.15, 0.2) is 91.4 Å². The fraction of sp³-hybridized carbons (Fsp3) is 0.0345. The quantitative estimate of drug-likeness (QED) is 0.247. The normalized spacial score (nSPS) is 11.4. The molecular weight excluding hydrogens is 499 g/mol. The molecule has 7 nitrogen and oxygen atoms in total. The molecule has 0 amide bonds. The molecule has 184 valence electrons. The summed E-state index contributed by atoms with van der Waals surface area (Å²) in [6, 6.07) is 23.0. The molecule has 0 spiro atoms. The van der Waals surface area contributed by atoms with Gasteiger partial charge in [-0.15, -0.1) is 11.3 Å². The van der Waals surface area contributed by atoms with Gasteiger partial charge >= 0.3 is 0 Å². The maximum Gasteiger partial charge on any atom is 0.176 e. The molecule has 38 heavy (non-hydrogen) atoms. The summed E-state index contributed by atoms with van der Waals surface area (Å²) in [5.74, 6) is 1.28. The molecule has 0 saturated heterocycles. The monoisotopic (exact) mass is 518 g/mol. The number of nitrogens with one attached hydrogen (secondary N) is 2. The number of para-hydroxylation sites is 1. The molecule has 0 fully saturated rings. The highest BCUT2D eigenvalue weighted by molar-refractivity contribution is 7.14. The molecule has 2 aromatic carbocycles. The molecule has 0 bridgehead atoms. The van der Waals surface area contributed by atoms with Crippen LogP contribution < -0.4 is 4.74 Å². The molecular formula is C29H19FN6OS. The van der Waals surface area contributed by atoms with Crippen LogP contribution in [0.5, 0.6) is 5.75 Å². The molecule has 9 heteroatoms. The van der Waals surface area contributed by atoms with Gasteiger partial charge in [0.15, 0.2) is 11.0 Å². The molecule has 5 aromatic heterocycles. The molecule has 7 rings (SSSR count). The summed E-state index contributed by atoms with van der Waals surface area (Å²) >= 11 is 1.10. The van der Waals surface area contributed by atoms with E-state index >= 15 is 0 Å². The SMILES string of the molecule is Fc1ccc(-c2cccc3[nH]c(-c4n[nH]c5cnc(-c6cncc(OCc7ccccc7)c6)cc45)nc23)s1. The molecule has 2 N–H and O–H groups in total. The van der Waals surface area contributed by atoms with E-state index in [2.05, 4.69) is 25.1 Å². The minimum absolute atomic E-state index is 0.227. The van der Waals surface area contributed by atoms with E-state index in [1.54, 1.807) is 24.7 Å². The Morgan fingerprint density at radius 2 is 1.82 bits per heavy atom. The highest BCUT2D eigenvalue weighted by Crippen LogP contribution is 2.35. The Bertz CT molecular complexity index is 1910. The van der Waals surface area contributed by atoms with Crippen molar-refractivity contribution in [3.8, 4) is 39.0 Å². The number of fused-ring (bicyclic) bond motifs is 2. The first-order chi connectivity index (χ1) is 18.7. The minimum atomic E-state index is -0.227. The van der Waals surface area contributed by atoms with Crippen LogP contribution in [0.2, 0.25) is 0 Å². The number of halogens is 1. The van der Waals surface area contributed by atoms with Crippen LogP contribution in [-0.2, 0) is 6.61 Å². The van der Waals surface area contributed by atoms with Gasteiger partial charge in [-0.1, -0.05) is 42.5 Å². The average molecular weight is 519 g/mol. The zero-order chi connectivity index (χ0) is 25.5. The third kappa shape index (κ3) is 4.08. The van der Waals surface area contributed by atoms with Gasteiger partial charge in [0.05, 0.1) is 34.6 Å². The smallest absolute Gasteiger partial charge is 0.176 e. The maximum atomic E-state index is 13.7. The molecule has 0 radical (unpaired) electrons. The molecule has 5 heterocycles. The van der Waals surface area contributed by atoms with E-state index in [9.17, 15) is 4.39 Å². The lowest BCUT2D eigenvalue weighted by molar-refractivity contribution is 0.305. The van der Waals surface area contributed by atoms with Gasteiger partial charge in [-0.25, -0.2) is 4.98 Å². The van der Waals surface area contributed by atoms with Crippen molar-refractivity contribution in [2.75, 3.05) is 0 Å². The minimum Gasteiger partial charge on any atom is -0.487 e. The number of rotatable bonds is 6. The van der Waals surface area contributed by atoms with Crippen LogP contribution >= 0.6 is 11.3 Å². The van der Waals surface area contributed by atoms with E-state index in [0.29, 0.717) is 23.9 Å². The number of hydrogen-bond donors (Lipinski definition) is 2. The first kappa shape index (κ1) is 22.3. The molecule has 7 aromatic rings. The lowest BCUT2D eigenvalue weighted by atomic mass is 10.1. The first-order valence-corrected chi connectivity index (χ1v) is 12.7. The van der Waals surface area contributed by atoms with E-state index in [4.69, 9.17) is 9.72 Å². The number of nitrogens with zero attached hydrogens (tertiary/aromatic N) is 4. The lowest BCUT2D eigenvalue weighted by Crippen LogP contribution is -1.96. The number of thiophene rings is 1. The number of benzene rings is 2. The summed E-state index contributed by atoms with van der Waals surface area (Å²) in [5, 5.41) is 8.22. The highest BCUT2D eigenvalue weighted by atomic mass is 32.1. The predicted octanol–water partition coefficient (Wildman–Crippen LogP) is 7.01. The van der Waals surface area contributed by atoms with Crippen LogP contribution in [0.3, 0.4) is 0 Å². The Balaban J connectivity index is 1.24. The van der Waals surface area contributed by atoms with Crippen LogP contribution in [0.25, 0.3) is 55.2 Å². The number of pyridine rings is 2. The van der Waals surface area contributed by atoms with Crippen LogP contribution in [0.1, 0.15) is 5.56 Å². The summed E-state index contributed by atoms with van der Waals surface area (Å²) in [6.45, 7) is 0.455. The van der Waals surface area contributed by atoms with Gasteiger partial charge in [-0.05, 0) is 35.9 Å². The van der Waals surface area contributed by atoms with Crippen molar-refractivity contribution in [1.29, 1.82) is 0 Å². The highest BCUT2D eigenvalue weighted by Gasteiger charge is 2.17. The van der Waals surface area contributed by atoms with Gasteiger partial charge in [0.2, 0.25) is 0 Å². The van der Waals surface area contributed by atoms with Crippen molar-refractivity contribution in [2.24, 2.45) is 0 Å². The summed E-state index contributed by atoms with van der Waals surface area (Å²) in [7, 11) is 0. The fourth-order valence-electron chi connectivity index (χ4n) is 4.44. The summed E-state index contributed by atoms with van der Waals surface area (Å²) in [4.78, 5) is 18.0. The number of ether oxygens (including phenoxy) is 1. The summed E-state index contributed by atoms with van der Waals surface area (Å²) < 4.78 is 19.7. The largest absolute Gasteiger partial charge is 0.487 e. The van der Waals surface area contributed by atoms with E-state index in [1.165, 1.54) is 6.07 Å². The predicted molar refractivity (Wildman–Crippen MR) is 146 cm³/mol. The van der Waals surface area contributed by atoms with Gasteiger partial charge in [0.25, 0.3) is 0 Å². The molecule has 0 aliphatic heterocycles. The second kappa shape index (κ2) is 9.20. The molecule has 0 atom stereocenters. The number of aromatic amines is 2. The van der Waals surface area contributed by atoms with Gasteiger partial charge < -0.3 is 9.72 Å². The Morgan fingerprint density at radius 1 is 0.895 bits per heavy atom. The Kier molecular flexibility index (Phi) is 5.41. The molecule has 0 saturated carbocycles. The number of imidazole rings is 1. The van der Waals surface area contributed by atoms with E-state index in [1.807, 2.05) is 60.7 Å². The average Bonchev–Trinajstić information content (AvgIpc) is 3.70. The zero-order valence-electron chi connectivity index (χ0n) is 19.9. The van der Waals surface area contributed by atoms with Crippen molar-refractivity contribution in [3.05, 3.63) is 102 Å². The van der Waals surface area contributed by atoms with E-state index in [0.717, 1.165) is 60.5 Å². The standard InChI is InChI=1S/C29H19FN6OS/c30-26-10-9-25(38-26)20-7-4-8-22-27(20)34-29(33-22)28-21-12-23(32-15-24(21)35-36-28)18-11-19(14-31-13-18)37-16-17-5-2-1-3-6-17/h1-15H,16H2,(H,33,34)(H,35,36). The number of H-pyrrole nitrogens is 2. The van der Waals surface area contributed by atoms with Gasteiger partial charge in [-0.2, -0.15) is 9.49 Å². The summed E-state index contributed by atoms with van der Waals surface area (Å²) in [5.41, 5.74) is 6.60. The lowest BCUT2D eigenvalue weighted by Gasteiger charge is -2.08. The number of hydrogen-bond acceptors (Lipinski definition) is 6. The van der Waals surface area contributed by atoms with Crippen LogP contribution in [0.4, 0.5) is 4.39 Å². The molecule has 0 unspecified atom stereocenters. The van der Waals surface area contributed by atoms with Crippen molar-refractivity contribution < 1.29 is 9.13 Å². The maximum absolute atomic E-state index is 13.7. The topological polar surface area (TPSA) is 92.4 Å². The Morgan fingerprint density at radius 3 is 2.68 bits per heavy atom. The third-order valence-electron chi connectivity index (χ3n) is 6.28. The Labute approximate surface area is 220 Å². The fourth-order valence-corrected chi connectivity index (χ4v) is 5.19. The second-order valence-corrected chi connectivity index (χ2v) is 9.80. The first-order valence-electron chi connectivity index (χ1n) is 11.9. The summed E-state index contributed by atoms with van der Waals surface area (Å²) in [6.07, 6.45) is 5.21. The van der Waals surface area contributed by atoms with E-state index in [-0.39, 0.29) is 5.13 Å². The van der Waals surface area contributed by atoms with Crippen LogP contribution in [0, 0.1) is 5.13 Å². The van der Waals surface area contributed by atoms with Gasteiger partial charge in [0.1, 0.15) is 18.1 Å². The molecule has 0 aliphatic rings. The van der Waals surface area contributed by atoms with E-state index < -0.39 is 0 Å². The van der Waals surface area contributed by atoms with Crippen molar-refractivity contribution in [3.63, 3.8) is 0 Å². The molecule has 0 aliphatic carbocycles. The third-order valence-corrected chi connectivity index (χ3v) is 7.19. The van der Waals surface area contributed by atoms with Gasteiger partial charge in [-0.3, -0.25) is 15.1 Å². The van der Waals surface area contributed by atoms with Crippen molar-refractivity contribution in [2.45, 2.75) is 6.61 Å². The van der Waals surface area contributed by atoms with Crippen LogP contribution in [-0.4, -0.2) is 30.1 Å². The second-order valence-electron chi connectivity index (χ2n) is 8.76. The van der Waals surface area contributed by atoms with Gasteiger partial charge in [0, 0.05) is 27.6 Å². The number of aromatic nitrogens is 6.